The predicted molar refractivity (Wildman–Crippen MR) is 135 cm³/mol. The number of anilines is 2. The van der Waals surface area contributed by atoms with Gasteiger partial charge in [-0.2, -0.15) is 0 Å². The van der Waals surface area contributed by atoms with Crippen molar-refractivity contribution in [2.45, 2.75) is 13.2 Å². The van der Waals surface area contributed by atoms with E-state index in [2.05, 4.69) is 5.32 Å². The fourth-order valence-electron chi connectivity index (χ4n) is 3.89. The Bertz CT molecular complexity index is 1390. The van der Waals surface area contributed by atoms with Crippen molar-refractivity contribution in [3.63, 3.8) is 0 Å². The van der Waals surface area contributed by atoms with Crippen LogP contribution in [0.5, 0.6) is 11.5 Å². The minimum absolute atomic E-state index is 0.0755. The van der Waals surface area contributed by atoms with Crippen molar-refractivity contribution in [2.24, 2.45) is 0 Å². The fourth-order valence-corrected chi connectivity index (χ4v) is 3.89. The Kier molecular flexibility index (Phi) is 6.62. The number of carbonyl (C=O) groups excluding carboxylic acids is 2. The summed E-state index contributed by atoms with van der Waals surface area (Å²) in [6, 6.07) is 28.1. The van der Waals surface area contributed by atoms with Gasteiger partial charge in [0.1, 0.15) is 23.9 Å². The minimum atomic E-state index is -0.383. The quantitative estimate of drug-likeness (QED) is 0.373. The van der Waals surface area contributed by atoms with E-state index in [1.165, 1.54) is 11.0 Å². The van der Waals surface area contributed by atoms with E-state index in [0.29, 0.717) is 40.6 Å². The number of benzene rings is 4. The van der Waals surface area contributed by atoms with Crippen LogP contribution in [0.4, 0.5) is 15.8 Å². The van der Waals surface area contributed by atoms with Crippen LogP contribution in [0.1, 0.15) is 21.5 Å². The Labute approximate surface area is 207 Å². The SMILES string of the molecule is O=C(Nc1ccc(OCc2ccccc2)cc1)c1ccc2c(c1)OCC(=O)N2Cc1ccccc1F. The molecule has 7 heteroatoms. The van der Waals surface area contributed by atoms with Crippen LogP contribution in [-0.4, -0.2) is 18.4 Å². The van der Waals surface area contributed by atoms with Gasteiger partial charge in [0.05, 0.1) is 12.2 Å². The first kappa shape index (κ1) is 23.1. The van der Waals surface area contributed by atoms with Crippen LogP contribution >= 0.6 is 0 Å². The lowest BCUT2D eigenvalue weighted by molar-refractivity contribution is -0.121. The van der Waals surface area contributed by atoms with Crippen molar-refractivity contribution >= 4 is 23.2 Å². The number of nitrogens with zero attached hydrogens (tertiary/aromatic N) is 1. The van der Waals surface area contributed by atoms with E-state index in [9.17, 15) is 14.0 Å². The van der Waals surface area contributed by atoms with E-state index in [-0.39, 0.29) is 30.8 Å². The topological polar surface area (TPSA) is 67.9 Å². The lowest BCUT2D eigenvalue weighted by atomic mass is 10.1. The number of carbonyl (C=O) groups is 2. The first-order chi connectivity index (χ1) is 17.6. The molecule has 0 aliphatic carbocycles. The van der Waals surface area contributed by atoms with Gasteiger partial charge in [-0.25, -0.2) is 4.39 Å². The first-order valence-electron chi connectivity index (χ1n) is 11.5. The molecule has 0 spiro atoms. The number of hydrogen-bond donors (Lipinski definition) is 1. The normalized spacial score (nSPS) is 12.5. The monoisotopic (exact) mass is 482 g/mol. The maximum Gasteiger partial charge on any atom is 0.265 e. The third-order valence-electron chi connectivity index (χ3n) is 5.81. The number of hydrogen-bond acceptors (Lipinski definition) is 4. The Hall–Kier alpha value is -4.65. The maximum absolute atomic E-state index is 14.1. The molecule has 5 rings (SSSR count). The van der Waals surface area contributed by atoms with Crippen molar-refractivity contribution in [1.82, 2.24) is 0 Å². The molecule has 1 aliphatic rings. The van der Waals surface area contributed by atoms with Crippen LogP contribution in [0.15, 0.2) is 97.1 Å². The van der Waals surface area contributed by atoms with Crippen molar-refractivity contribution in [3.8, 4) is 11.5 Å². The van der Waals surface area contributed by atoms with Crippen LogP contribution < -0.4 is 19.7 Å². The lowest BCUT2D eigenvalue weighted by Crippen LogP contribution is -2.38. The average Bonchev–Trinajstić information content (AvgIpc) is 2.91. The van der Waals surface area contributed by atoms with Crippen LogP contribution in [0.25, 0.3) is 0 Å². The summed E-state index contributed by atoms with van der Waals surface area (Å²) in [5, 5.41) is 2.85. The van der Waals surface area contributed by atoms with Gasteiger partial charge in [-0.3, -0.25) is 9.59 Å². The van der Waals surface area contributed by atoms with Gasteiger partial charge in [-0.15, -0.1) is 0 Å². The Morgan fingerprint density at radius 1 is 0.944 bits per heavy atom. The summed E-state index contributed by atoms with van der Waals surface area (Å²) in [6.45, 7) is 0.348. The molecule has 0 saturated carbocycles. The number of rotatable bonds is 7. The summed E-state index contributed by atoms with van der Waals surface area (Å²) in [6.07, 6.45) is 0. The minimum Gasteiger partial charge on any atom is -0.489 e. The van der Waals surface area contributed by atoms with Crippen molar-refractivity contribution in [3.05, 3.63) is 120 Å². The molecule has 0 bridgehead atoms. The van der Waals surface area contributed by atoms with E-state index in [0.717, 1.165) is 5.56 Å². The summed E-state index contributed by atoms with van der Waals surface area (Å²) in [5.41, 5.74) is 2.95. The highest BCUT2D eigenvalue weighted by Crippen LogP contribution is 2.34. The summed E-state index contributed by atoms with van der Waals surface area (Å²) in [7, 11) is 0. The molecule has 4 aromatic rings. The van der Waals surface area contributed by atoms with E-state index in [4.69, 9.17) is 9.47 Å². The lowest BCUT2D eigenvalue weighted by Gasteiger charge is -2.29. The molecule has 0 radical (unpaired) electrons. The van der Waals surface area contributed by atoms with Gasteiger partial charge in [0.15, 0.2) is 6.61 Å². The summed E-state index contributed by atoms with van der Waals surface area (Å²) in [4.78, 5) is 26.8. The second kappa shape index (κ2) is 10.3. The number of ether oxygens (including phenoxy) is 2. The summed E-state index contributed by atoms with van der Waals surface area (Å²) < 4.78 is 25.5. The molecule has 6 nitrogen and oxygen atoms in total. The third kappa shape index (κ3) is 5.20. The second-order valence-electron chi connectivity index (χ2n) is 8.30. The molecule has 1 aliphatic heterocycles. The first-order valence-corrected chi connectivity index (χ1v) is 11.5. The van der Waals surface area contributed by atoms with E-state index >= 15 is 0 Å². The zero-order valence-corrected chi connectivity index (χ0v) is 19.3. The predicted octanol–water partition coefficient (Wildman–Crippen LogP) is 5.58. The van der Waals surface area contributed by atoms with Crippen molar-refractivity contribution in [2.75, 3.05) is 16.8 Å². The highest BCUT2D eigenvalue weighted by molar-refractivity contribution is 6.06. The highest BCUT2D eigenvalue weighted by Gasteiger charge is 2.27. The van der Waals surface area contributed by atoms with Crippen LogP contribution in [-0.2, 0) is 17.9 Å². The van der Waals surface area contributed by atoms with Crippen LogP contribution in [0.3, 0.4) is 0 Å². The molecule has 0 aromatic heterocycles. The van der Waals surface area contributed by atoms with Crippen LogP contribution in [0.2, 0.25) is 0 Å². The van der Waals surface area contributed by atoms with Crippen LogP contribution in [0, 0.1) is 5.82 Å². The van der Waals surface area contributed by atoms with E-state index in [1.54, 1.807) is 60.7 Å². The van der Waals surface area contributed by atoms with E-state index in [1.807, 2.05) is 30.3 Å². The van der Waals surface area contributed by atoms with E-state index < -0.39 is 0 Å². The highest BCUT2D eigenvalue weighted by atomic mass is 19.1. The molecule has 1 N–H and O–H groups in total. The molecule has 180 valence electrons. The Balaban J connectivity index is 1.25. The van der Waals surface area contributed by atoms with Gasteiger partial charge in [-0.05, 0) is 54.1 Å². The zero-order valence-electron chi connectivity index (χ0n) is 19.3. The van der Waals surface area contributed by atoms with Crippen molar-refractivity contribution < 1.29 is 23.5 Å². The molecule has 0 atom stereocenters. The molecule has 0 saturated heterocycles. The standard InChI is InChI=1S/C29H23FN2O4/c30-25-9-5-4-8-22(25)17-32-26-15-10-21(16-27(26)36-19-28(32)33)29(34)31-23-11-13-24(14-12-23)35-18-20-6-2-1-3-7-20/h1-16H,17-19H2,(H,31,34). The number of fused-ring (bicyclic) bond motifs is 1. The van der Waals surface area contributed by atoms with Gasteiger partial charge in [0.25, 0.3) is 11.8 Å². The number of halogens is 1. The second-order valence-corrected chi connectivity index (χ2v) is 8.30. The van der Waals surface area contributed by atoms with Crippen molar-refractivity contribution in [1.29, 1.82) is 0 Å². The molecular formula is C29H23FN2O4. The Morgan fingerprint density at radius 3 is 2.47 bits per heavy atom. The molecule has 0 unspecified atom stereocenters. The molecular weight excluding hydrogens is 459 g/mol. The Morgan fingerprint density at radius 2 is 1.69 bits per heavy atom. The van der Waals surface area contributed by atoms with Gasteiger partial charge in [-0.1, -0.05) is 48.5 Å². The molecule has 2 amide bonds. The zero-order chi connectivity index (χ0) is 24.9. The molecule has 0 fully saturated rings. The fraction of sp³-hybridized carbons (Fsp3) is 0.103. The smallest absolute Gasteiger partial charge is 0.265 e. The summed E-state index contributed by atoms with van der Waals surface area (Å²) in [5.74, 6) is 0.0992. The molecule has 4 aromatic carbocycles. The van der Waals surface area contributed by atoms with Gasteiger partial charge >= 0.3 is 0 Å². The largest absolute Gasteiger partial charge is 0.489 e. The summed E-state index contributed by atoms with van der Waals surface area (Å²) >= 11 is 0. The van der Waals surface area contributed by atoms with Gasteiger partial charge in [0, 0.05) is 16.8 Å². The molecule has 1 heterocycles. The maximum atomic E-state index is 14.1. The third-order valence-corrected chi connectivity index (χ3v) is 5.81. The van der Waals surface area contributed by atoms with Gasteiger partial charge < -0.3 is 19.7 Å². The number of nitrogens with one attached hydrogen (secondary N) is 1. The van der Waals surface area contributed by atoms with Gasteiger partial charge in [0.2, 0.25) is 0 Å². The number of amides is 2. The average molecular weight is 483 g/mol. The molecule has 36 heavy (non-hydrogen) atoms.